The van der Waals surface area contributed by atoms with Crippen molar-refractivity contribution in [3.8, 4) is 0 Å². The highest BCUT2D eigenvalue weighted by atomic mass is 79.9. The van der Waals surface area contributed by atoms with E-state index < -0.39 is 10.8 Å². The van der Waals surface area contributed by atoms with Crippen LogP contribution in [0.2, 0.25) is 0 Å². The maximum atomic E-state index is 11.9. The van der Waals surface area contributed by atoms with Crippen molar-refractivity contribution in [1.82, 2.24) is 9.97 Å². The molecule has 0 aliphatic carbocycles. The summed E-state index contributed by atoms with van der Waals surface area (Å²) in [5, 5.41) is 0. The predicted molar refractivity (Wildman–Crippen MR) is 71.2 cm³/mol. The molecule has 0 aromatic carbocycles. The van der Waals surface area contributed by atoms with E-state index in [4.69, 9.17) is 0 Å². The summed E-state index contributed by atoms with van der Waals surface area (Å²) in [7, 11) is -1.00. The summed E-state index contributed by atoms with van der Waals surface area (Å²) in [6, 6.07) is 1.95. The molecule has 0 spiro atoms. The summed E-state index contributed by atoms with van der Waals surface area (Å²) >= 11 is 4.82. The molecule has 0 radical (unpaired) electrons. The van der Waals surface area contributed by atoms with E-state index in [9.17, 15) is 4.21 Å². The van der Waals surface area contributed by atoms with Gasteiger partial charge in [0.05, 0.1) is 15.5 Å². The number of halogens is 1. The Morgan fingerprint density at radius 3 is 3.00 bits per heavy atom. The summed E-state index contributed by atoms with van der Waals surface area (Å²) in [4.78, 5) is 8.47. The average Bonchev–Trinajstić information content (AvgIpc) is 2.59. The Morgan fingerprint density at radius 1 is 1.56 bits per heavy atom. The monoisotopic (exact) mass is 318 g/mol. The molecule has 16 heavy (non-hydrogen) atoms. The van der Waals surface area contributed by atoms with Crippen LogP contribution in [0.25, 0.3) is 10.3 Å². The second kappa shape index (κ2) is 4.89. The lowest BCUT2D eigenvalue weighted by atomic mass is 10.3. The Hall–Kier alpha value is -0.330. The van der Waals surface area contributed by atoms with E-state index in [-0.39, 0.29) is 0 Å². The number of aromatic nitrogens is 2. The topological polar surface area (TPSA) is 42.9 Å². The van der Waals surface area contributed by atoms with E-state index in [1.165, 1.54) is 11.3 Å². The van der Waals surface area contributed by atoms with Crippen LogP contribution in [-0.2, 0) is 10.8 Å². The van der Waals surface area contributed by atoms with Crippen LogP contribution in [0.5, 0.6) is 0 Å². The fourth-order valence-corrected chi connectivity index (χ4v) is 4.21. The van der Waals surface area contributed by atoms with Gasteiger partial charge < -0.3 is 0 Å². The molecule has 0 bridgehead atoms. The van der Waals surface area contributed by atoms with Crippen molar-refractivity contribution < 1.29 is 4.21 Å². The van der Waals surface area contributed by atoms with Crippen molar-refractivity contribution in [1.29, 1.82) is 0 Å². The molecule has 6 heteroatoms. The number of thiazole rings is 1. The van der Waals surface area contributed by atoms with Crippen LogP contribution >= 0.6 is 27.3 Å². The van der Waals surface area contributed by atoms with Crippen molar-refractivity contribution >= 4 is 48.4 Å². The van der Waals surface area contributed by atoms with Crippen molar-refractivity contribution in [3.05, 3.63) is 16.7 Å². The van der Waals surface area contributed by atoms with Gasteiger partial charge in [-0.1, -0.05) is 13.8 Å². The zero-order valence-electron chi connectivity index (χ0n) is 8.94. The first-order valence-corrected chi connectivity index (χ1v) is 7.79. The smallest absolute Gasteiger partial charge is 0.183 e. The maximum Gasteiger partial charge on any atom is 0.183 e. The Balaban J connectivity index is 2.36. The standard InChI is InChI=1S/C10H11BrN2OS2/c1-6(2)5-16(14)10-13-9-8(15-10)3-7(11)4-12-9/h3-4,6H,5H2,1-2H3/t16-/m0/s1. The molecule has 2 heterocycles. The first-order chi connectivity index (χ1) is 7.56. The summed E-state index contributed by atoms with van der Waals surface area (Å²) in [5.41, 5.74) is 0.681. The highest BCUT2D eigenvalue weighted by Gasteiger charge is 2.12. The Bertz CT molecular complexity index is 539. The molecule has 3 nitrogen and oxygen atoms in total. The number of nitrogens with zero attached hydrogens (tertiary/aromatic N) is 2. The summed E-state index contributed by atoms with van der Waals surface area (Å²) in [5.74, 6) is 1.06. The van der Waals surface area contributed by atoms with Gasteiger partial charge in [0.15, 0.2) is 9.99 Å². The van der Waals surface area contributed by atoms with Crippen molar-refractivity contribution in [2.45, 2.75) is 18.2 Å². The average molecular weight is 319 g/mol. The number of hydrogen-bond acceptors (Lipinski definition) is 4. The molecular formula is C10H11BrN2OS2. The second-order valence-corrected chi connectivity index (χ2v) is 7.48. The van der Waals surface area contributed by atoms with E-state index in [0.717, 1.165) is 9.17 Å². The third-order valence-electron chi connectivity index (χ3n) is 1.87. The largest absolute Gasteiger partial charge is 0.252 e. The van der Waals surface area contributed by atoms with Gasteiger partial charge in [-0.3, -0.25) is 4.21 Å². The minimum atomic E-state index is -1.00. The van der Waals surface area contributed by atoms with Crippen LogP contribution < -0.4 is 0 Å². The zero-order valence-corrected chi connectivity index (χ0v) is 12.2. The van der Waals surface area contributed by atoms with E-state index in [0.29, 0.717) is 21.7 Å². The van der Waals surface area contributed by atoms with E-state index in [1.54, 1.807) is 6.20 Å². The van der Waals surface area contributed by atoms with Crippen LogP contribution in [0.3, 0.4) is 0 Å². The van der Waals surface area contributed by atoms with E-state index in [1.807, 2.05) is 6.07 Å². The van der Waals surface area contributed by atoms with Gasteiger partial charge in [0.1, 0.15) is 0 Å². The van der Waals surface area contributed by atoms with Crippen molar-refractivity contribution in [2.24, 2.45) is 5.92 Å². The van der Waals surface area contributed by atoms with Crippen molar-refractivity contribution in [3.63, 3.8) is 0 Å². The molecule has 0 unspecified atom stereocenters. The van der Waals surface area contributed by atoms with E-state index in [2.05, 4.69) is 39.7 Å². The first kappa shape index (κ1) is 12.1. The molecule has 2 rings (SSSR count). The van der Waals surface area contributed by atoms with Crippen molar-refractivity contribution in [2.75, 3.05) is 5.75 Å². The molecule has 0 amide bonds. The maximum absolute atomic E-state index is 11.9. The van der Waals surface area contributed by atoms with Crippen LogP contribution in [0.15, 0.2) is 21.1 Å². The molecule has 0 saturated heterocycles. The van der Waals surface area contributed by atoms with Gasteiger partial charge in [0.2, 0.25) is 0 Å². The molecule has 0 aliphatic heterocycles. The van der Waals surface area contributed by atoms with Gasteiger partial charge in [-0.15, -0.1) is 11.3 Å². The van der Waals surface area contributed by atoms with Crippen LogP contribution in [0.1, 0.15) is 13.8 Å². The summed E-state index contributed by atoms with van der Waals surface area (Å²) in [6.07, 6.45) is 1.71. The number of fused-ring (bicyclic) bond motifs is 1. The fraction of sp³-hybridized carbons (Fsp3) is 0.400. The van der Waals surface area contributed by atoms with Crippen LogP contribution in [0, 0.1) is 5.92 Å². The lowest BCUT2D eigenvalue weighted by molar-refractivity contribution is 0.664. The van der Waals surface area contributed by atoms with Crippen LogP contribution in [-0.4, -0.2) is 19.9 Å². The van der Waals surface area contributed by atoms with Gasteiger partial charge >= 0.3 is 0 Å². The highest BCUT2D eigenvalue weighted by Crippen LogP contribution is 2.26. The number of hydrogen-bond donors (Lipinski definition) is 0. The van der Waals surface area contributed by atoms with Gasteiger partial charge in [0, 0.05) is 16.4 Å². The molecule has 0 saturated carbocycles. The number of rotatable bonds is 3. The Kier molecular flexibility index (Phi) is 3.71. The zero-order chi connectivity index (χ0) is 11.7. The third-order valence-corrected chi connectivity index (χ3v) is 5.35. The SMILES string of the molecule is CC(C)C[S@](=O)c1nc2ncc(Br)cc2s1. The second-order valence-electron chi connectivity index (χ2n) is 3.86. The molecule has 86 valence electrons. The first-order valence-electron chi connectivity index (χ1n) is 4.86. The highest BCUT2D eigenvalue weighted by molar-refractivity contribution is 9.10. The normalized spacial score (nSPS) is 13.5. The van der Waals surface area contributed by atoms with Gasteiger partial charge in [-0.25, -0.2) is 9.97 Å². The van der Waals surface area contributed by atoms with Gasteiger partial charge in [-0.2, -0.15) is 0 Å². The predicted octanol–water partition coefficient (Wildman–Crippen LogP) is 3.22. The molecule has 1 atom stereocenters. The molecule has 0 aliphatic rings. The Labute approximate surface area is 109 Å². The molecule has 0 N–H and O–H groups in total. The fourth-order valence-electron chi connectivity index (χ4n) is 1.25. The third kappa shape index (κ3) is 2.67. The van der Waals surface area contributed by atoms with E-state index >= 15 is 0 Å². The minimum absolute atomic E-state index is 0.410. The summed E-state index contributed by atoms with van der Waals surface area (Å²) in [6.45, 7) is 4.11. The molecular weight excluding hydrogens is 308 g/mol. The molecule has 2 aromatic heterocycles. The van der Waals surface area contributed by atoms with Gasteiger partial charge in [-0.05, 0) is 27.9 Å². The lowest BCUT2D eigenvalue weighted by Crippen LogP contribution is -2.04. The van der Waals surface area contributed by atoms with Gasteiger partial charge in [0.25, 0.3) is 0 Å². The minimum Gasteiger partial charge on any atom is -0.252 e. The lowest BCUT2D eigenvalue weighted by Gasteiger charge is -2.00. The summed E-state index contributed by atoms with van der Waals surface area (Å²) < 4.78 is 14.5. The molecule has 2 aromatic rings. The molecule has 0 fully saturated rings. The van der Waals surface area contributed by atoms with Crippen LogP contribution in [0.4, 0.5) is 0 Å². The Morgan fingerprint density at radius 2 is 2.31 bits per heavy atom. The quantitative estimate of drug-likeness (QED) is 0.872. The number of pyridine rings is 1.